The Kier molecular flexibility index (Phi) is 12.0. The average molecular weight is 637 g/mol. The van der Waals surface area contributed by atoms with Gasteiger partial charge in [0, 0.05) is 33.6 Å². The molecule has 0 saturated carbocycles. The largest absolute Gasteiger partial charge is 0.354 e. The lowest BCUT2D eigenvalue weighted by Gasteiger charge is -2.33. The summed E-state index contributed by atoms with van der Waals surface area (Å²) in [6, 6.07) is 17.5. The topological polar surface area (TPSA) is 86.8 Å². The van der Waals surface area contributed by atoms with Gasteiger partial charge in [0.15, 0.2) is 0 Å². The van der Waals surface area contributed by atoms with Crippen molar-refractivity contribution >= 4 is 62.5 Å². The summed E-state index contributed by atoms with van der Waals surface area (Å²) in [6.07, 6.45) is 2.93. The number of carbonyl (C=O) groups is 2. The van der Waals surface area contributed by atoms with Crippen molar-refractivity contribution in [3.8, 4) is 0 Å². The first-order chi connectivity index (χ1) is 19.5. The molecular weight excluding hydrogens is 601 g/mol. The fraction of sp³-hybridized carbons (Fsp3) is 0.333. The molecule has 0 aromatic heterocycles. The van der Waals surface area contributed by atoms with Gasteiger partial charge in [-0.2, -0.15) is 0 Å². The Morgan fingerprint density at radius 3 is 2.10 bits per heavy atom. The van der Waals surface area contributed by atoms with Gasteiger partial charge >= 0.3 is 0 Å². The Bertz CT molecular complexity index is 1430. The summed E-state index contributed by atoms with van der Waals surface area (Å²) in [6.45, 7) is 5.47. The van der Waals surface area contributed by atoms with Crippen molar-refractivity contribution in [2.24, 2.45) is 0 Å². The van der Waals surface area contributed by atoms with E-state index in [2.05, 4.69) is 5.32 Å². The number of rotatable bonds is 13. The molecule has 41 heavy (non-hydrogen) atoms. The van der Waals surface area contributed by atoms with Gasteiger partial charge in [-0.25, -0.2) is 8.42 Å². The van der Waals surface area contributed by atoms with Crippen LogP contribution >= 0.6 is 35.0 Å². The lowest BCUT2D eigenvalue weighted by atomic mass is 10.1. The smallest absolute Gasteiger partial charge is 0.264 e. The molecule has 0 heterocycles. The van der Waals surface area contributed by atoms with Crippen LogP contribution in [0.1, 0.15) is 37.8 Å². The van der Waals surface area contributed by atoms with Crippen molar-refractivity contribution in [3.63, 3.8) is 0 Å². The zero-order valence-corrected chi connectivity index (χ0v) is 26.7. The van der Waals surface area contributed by atoms with E-state index in [9.17, 15) is 18.0 Å². The molecule has 0 aliphatic rings. The molecule has 2 amide bonds. The molecule has 0 spiro atoms. The van der Waals surface area contributed by atoms with Crippen LogP contribution in [0.5, 0.6) is 0 Å². The molecule has 3 rings (SSSR count). The molecule has 3 aromatic carbocycles. The maximum Gasteiger partial charge on any atom is 0.264 e. The molecule has 1 unspecified atom stereocenters. The van der Waals surface area contributed by atoms with Crippen LogP contribution in [-0.2, 0) is 26.2 Å². The number of halogens is 2. The Hall–Kier alpha value is -2.72. The highest BCUT2D eigenvalue weighted by Crippen LogP contribution is 2.29. The minimum absolute atomic E-state index is 0.0529. The number of hydrogen-bond acceptors (Lipinski definition) is 5. The Morgan fingerprint density at radius 1 is 0.951 bits per heavy atom. The first-order valence-corrected chi connectivity index (χ1v) is 16.7. The fourth-order valence-electron chi connectivity index (χ4n) is 4.25. The third-order valence-corrected chi connectivity index (χ3v) is 9.81. The van der Waals surface area contributed by atoms with Crippen LogP contribution in [0.25, 0.3) is 0 Å². The normalized spacial score (nSPS) is 12.0. The van der Waals surface area contributed by atoms with Gasteiger partial charge in [0.1, 0.15) is 12.6 Å². The van der Waals surface area contributed by atoms with Crippen molar-refractivity contribution in [2.45, 2.75) is 56.0 Å². The predicted molar refractivity (Wildman–Crippen MR) is 168 cm³/mol. The Labute approximate surface area is 257 Å². The minimum Gasteiger partial charge on any atom is -0.354 e. The first-order valence-electron chi connectivity index (χ1n) is 13.3. The molecule has 0 fully saturated rings. The molecule has 1 N–H and O–H groups in total. The van der Waals surface area contributed by atoms with E-state index in [1.807, 2.05) is 20.1 Å². The number of benzene rings is 3. The first kappa shape index (κ1) is 32.8. The number of sulfonamides is 1. The summed E-state index contributed by atoms with van der Waals surface area (Å²) in [5.74, 6) is -0.896. The number of aryl methyl sites for hydroxylation is 1. The van der Waals surface area contributed by atoms with Gasteiger partial charge in [-0.15, -0.1) is 11.8 Å². The van der Waals surface area contributed by atoms with Crippen molar-refractivity contribution < 1.29 is 18.0 Å². The summed E-state index contributed by atoms with van der Waals surface area (Å²) in [4.78, 5) is 29.7. The summed E-state index contributed by atoms with van der Waals surface area (Å²) in [5.41, 5.74) is 1.75. The van der Waals surface area contributed by atoms with Crippen molar-refractivity contribution in [3.05, 3.63) is 87.9 Å². The maximum absolute atomic E-state index is 14.1. The fourth-order valence-corrected chi connectivity index (χ4v) is 6.59. The molecule has 0 saturated heterocycles. The molecule has 7 nitrogen and oxygen atoms in total. The van der Waals surface area contributed by atoms with E-state index in [4.69, 9.17) is 23.2 Å². The van der Waals surface area contributed by atoms with Crippen LogP contribution in [0, 0.1) is 6.92 Å². The summed E-state index contributed by atoms with van der Waals surface area (Å²) in [7, 11) is -4.15. The molecule has 0 radical (unpaired) electrons. The van der Waals surface area contributed by atoms with Gasteiger partial charge in [-0.1, -0.05) is 60.8 Å². The van der Waals surface area contributed by atoms with Gasteiger partial charge in [-0.05, 0) is 74.6 Å². The number of thioether (sulfide) groups is 1. The predicted octanol–water partition coefficient (Wildman–Crippen LogP) is 6.55. The van der Waals surface area contributed by atoms with Crippen LogP contribution in [0.3, 0.4) is 0 Å². The highest BCUT2D eigenvalue weighted by Gasteiger charge is 2.34. The lowest BCUT2D eigenvalue weighted by Crippen LogP contribution is -2.52. The zero-order valence-electron chi connectivity index (χ0n) is 23.6. The second kappa shape index (κ2) is 15.0. The maximum atomic E-state index is 14.1. The van der Waals surface area contributed by atoms with Gasteiger partial charge < -0.3 is 10.2 Å². The number of nitrogens with zero attached hydrogens (tertiary/aromatic N) is 2. The monoisotopic (exact) mass is 635 g/mol. The SMILES string of the molecule is CCCNC(=O)C(CC)N(Cc1c(Cl)cccc1Cl)C(=O)CN(c1ccc(C)cc1)S(=O)(=O)c1ccc(SC)cc1. The molecule has 11 heteroatoms. The number of nitrogens with one attached hydrogen (secondary N) is 1. The number of hydrogen-bond donors (Lipinski definition) is 1. The van der Waals surface area contributed by atoms with Gasteiger partial charge in [0.05, 0.1) is 10.6 Å². The summed E-state index contributed by atoms with van der Waals surface area (Å²) in [5, 5.41) is 3.55. The van der Waals surface area contributed by atoms with E-state index in [0.717, 1.165) is 21.2 Å². The van der Waals surface area contributed by atoms with Gasteiger partial charge in [0.25, 0.3) is 10.0 Å². The number of amides is 2. The van der Waals surface area contributed by atoms with Crippen LogP contribution < -0.4 is 9.62 Å². The second-order valence-corrected chi connectivity index (χ2v) is 13.0. The minimum atomic E-state index is -4.15. The third-order valence-electron chi connectivity index (χ3n) is 6.57. The van der Waals surface area contributed by atoms with Gasteiger partial charge in [-0.3, -0.25) is 13.9 Å². The van der Waals surface area contributed by atoms with Crippen LogP contribution in [-0.4, -0.2) is 50.5 Å². The van der Waals surface area contributed by atoms with Crippen LogP contribution in [0.2, 0.25) is 10.0 Å². The molecule has 3 aromatic rings. The standard InChI is InChI=1S/C30H35Cl2N3O4S2/c1-5-18-33-30(37)28(6-2)34(19-25-26(31)8-7-9-27(25)32)29(36)20-35(22-12-10-21(3)11-13-22)41(38,39)24-16-14-23(40-4)15-17-24/h7-17,28H,5-6,18-20H2,1-4H3,(H,33,37). The molecule has 0 aliphatic carbocycles. The zero-order chi connectivity index (χ0) is 30.2. The molecule has 0 aliphatic heterocycles. The number of carbonyl (C=O) groups excluding carboxylic acids is 2. The molecular formula is C30H35Cl2N3O4S2. The van der Waals surface area contributed by atoms with E-state index in [1.54, 1.807) is 61.5 Å². The summed E-state index contributed by atoms with van der Waals surface area (Å²) >= 11 is 14.4. The Balaban J connectivity index is 2.08. The van der Waals surface area contributed by atoms with Gasteiger partial charge in [0.2, 0.25) is 11.8 Å². The molecule has 220 valence electrons. The van der Waals surface area contributed by atoms with E-state index in [0.29, 0.717) is 34.3 Å². The molecule has 1 atom stereocenters. The second-order valence-electron chi connectivity index (χ2n) is 9.46. The number of anilines is 1. The van der Waals surface area contributed by atoms with Crippen molar-refractivity contribution in [2.75, 3.05) is 23.7 Å². The highest BCUT2D eigenvalue weighted by molar-refractivity contribution is 7.98. The van der Waals surface area contributed by atoms with E-state index in [1.165, 1.54) is 28.8 Å². The van der Waals surface area contributed by atoms with E-state index < -0.39 is 28.5 Å². The highest BCUT2D eigenvalue weighted by atomic mass is 35.5. The van der Waals surface area contributed by atoms with Crippen LogP contribution in [0.15, 0.2) is 76.5 Å². The van der Waals surface area contributed by atoms with E-state index >= 15 is 0 Å². The third kappa shape index (κ3) is 8.19. The lowest BCUT2D eigenvalue weighted by molar-refractivity contribution is -0.140. The Morgan fingerprint density at radius 2 is 1.56 bits per heavy atom. The van der Waals surface area contributed by atoms with Crippen molar-refractivity contribution in [1.82, 2.24) is 10.2 Å². The average Bonchev–Trinajstić information content (AvgIpc) is 2.96. The van der Waals surface area contributed by atoms with E-state index in [-0.39, 0.29) is 17.3 Å². The molecule has 0 bridgehead atoms. The van der Waals surface area contributed by atoms with Crippen molar-refractivity contribution in [1.29, 1.82) is 0 Å². The summed E-state index contributed by atoms with van der Waals surface area (Å²) < 4.78 is 29.1. The quantitative estimate of drug-likeness (QED) is 0.215. The van der Waals surface area contributed by atoms with Crippen LogP contribution in [0.4, 0.5) is 5.69 Å².